The maximum absolute atomic E-state index is 4.88. The summed E-state index contributed by atoms with van der Waals surface area (Å²) in [5.74, 6) is 1.92. The number of benzene rings is 6. The van der Waals surface area contributed by atoms with E-state index in [1.54, 1.807) is 0 Å². The van der Waals surface area contributed by atoms with Crippen molar-refractivity contribution in [1.82, 2.24) is 27.9 Å². The number of aryl methyl sites for hydroxylation is 2. The van der Waals surface area contributed by atoms with Crippen LogP contribution in [0.4, 0.5) is 0 Å². The van der Waals surface area contributed by atoms with Gasteiger partial charge in [-0.2, -0.15) is 0 Å². The van der Waals surface area contributed by atoms with Gasteiger partial charge in [0.25, 0.3) is 0 Å². The first kappa shape index (κ1) is 25.2. The van der Waals surface area contributed by atoms with E-state index in [-0.39, 0.29) is 0 Å². The molecule has 0 saturated carbocycles. The quantitative estimate of drug-likeness (QED) is 0.205. The lowest BCUT2D eigenvalue weighted by molar-refractivity contribution is 0.973. The molecular formula is C40H28N6. The van der Waals surface area contributed by atoms with Crippen LogP contribution in [0.2, 0.25) is 0 Å². The molecule has 0 aliphatic heterocycles. The number of fused-ring (bicyclic) bond motifs is 10. The molecule has 0 atom stereocenters. The second-order valence-electron chi connectivity index (χ2n) is 12.2. The third-order valence-electron chi connectivity index (χ3n) is 9.61. The van der Waals surface area contributed by atoms with E-state index >= 15 is 0 Å². The molecule has 0 amide bonds. The third-order valence-corrected chi connectivity index (χ3v) is 9.61. The predicted octanol–water partition coefficient (Wildman–Crippen LogP) is 9.27. The van der Waals surface area contributed by atoms with E-state index < -0.39 is 0 Å². The molecule has 46 heavy (non-hydrogen) atoms. The minimum Gasteiger partial charge on any atom is -0.313 e. The van der Waals surface area contributed by atoms with Gasteiger partial charge in [0.1, 0.15) is 0 Å². The number of nitrogens with zero attached hydrogens (tertiary/aromatic N) is 6. The van der Waals surface area contributed by atoms with Crippen molar-refractivity contribution in [3.05, 3.63) is 133 Å². The number of rotatable bonds is 3. The standard InChI is InChI=1S/C40H28N6/c1-43-35-21-19-29(23-37(35)45-33-9-5-3-7-31(33)41-39(43)45)27-15-11-25(12-16-27)26-13-17-28(18-14-26)30-20-22-36-38(24-30)46-34-10-6-4-8-32(34)42-40(46)44(36)2/h3-24H,1-2H3. The molecule has 6 heteroatoms. The summed E-state index contributed by atoms with van der Waals surface area (Å²) in [7, 11) is 4.17. The van der Waals surface area contributed by atoms with Crippen LogP contribution >= 0.6 is 0 Å². The van der Waals surface area contributed by atoms with Crippen LogP contribution in [0, 0.1) is 0 Å². The van der Waals surface area contributed by atoms with Gasteiger partial charge in [-0.3, -0.25) is 8.80 Å². The summed E-state index contributed by atoms with van der Waals surface area (Å²) in [6, 6.07) is 47.8. The van der Waals surface area contributed by atoms with Crippen LogP contribution in [0.5, 0.6) is 0 Å². The van der Waals surface area contributed by atoms with Gasteiger partial charge < -0.3 is 9.13 Å². The highest BCUT2D eigenvalue weighted by atomic mass is 15.2. The maximum Gasteiger partial charge on any atom is 0.215 e. The highest BCUT2D eigenvalue weighted by molar-refractivity contribution is 5.94. The second kappa shape index (κ2) is 9.19. The molecule has 0 fully saturated rings. The van der Waals surface area contributed by atoms with Gasteiger partial charge in [-0.05, 0) is 81.9 Å². The van der Waals surface area contributed by atoms with Crippen LogP contribution in [0.3, 0.4) is 0 Å². The Bertz CT molecular complexity index is 2610. The van der Waals surface area contributed by atoms with Gasteiger partial charge in [0.05, 0.1) is 44.1 Å². The summed E-state index contributed by atoms with van der Waals surface area (Å²) >= 11 is 0. The molecule has 6 nitrogen and oxygen atoms in total. The molecule has 0 unspecified atom stereocenters. The molecule has 6 aromatic carbocycles. The number of aromatic nitrogens is 6. The van der Waals surface area contributed by atoms with Crippen LogP contribution in [-0.2, 0) is 14.1 Å². The molecule has 0 saturated heterocycles. The van der Waals surface area contributed by atoms with Gasteiger partial charge in [0.2, 0.25) is 11.6 Å². The largest absolute Gasteiger partial charge is 0.313 e. The van der Waals surface area contributed by atoms with Crippen molar-refractivity contribution in [2.24, 2.45) is 14.1 Å². The topological polar surface area (TPSA) is 44.5 Å². The van der Waals surface area contributed by atoms with Crippen molar-refractivity contribution < 1.29 is 0 Å². The van der Waals surface area contributed by atoms with Crippen molar-refractivity contribution in [3.63, 3.8) is 0 Å². The zero-order valence-electron chi connectivity index (χ0n) is 25.4. The Labute approximate surface area is 264 Å². The number of para-hydroxylation sites is 4. The molecule has 0 aliphatic carbocycles. The Morgan fingerprint density at radius 3 is 1.11 bits per heavy atom. The van der Waals surface area contributed by atoms with Crippen LogP contribution < -0.4 is 0 Å². The van der Waals surface area contributed by atoms with E-state index in [9.17, 15) is 0 Å². The minimum absolute atomic E-state index is 0.958. The van der Waals surface area contributed by atoms with Gasteiger partial charge in [-0.15, -0.1) is 0 Å². The summed E-state index contributed by atoms with van der Waals surface area (Å²) < 4.78 is 8.87. The van der Waals surface area contributed by atoms with Crippen molar-refractivity contribution in [1.29, 1.82) is 0 Å². The normalized spacial score (nSPS) is 12.1. The SMILES string of the molecule is Cn1c2ccc(-c3ccc(-c4ccc(-c5ccc6c(c5)n5c7ccccc7nc5n6C)cc4)cc3)cc2n2c3ccccc3nc12. The van der Waals surface area contributed by atoms with E-state index in [1.807, 2.05) is 12.1 Å². The lowest BCUT2D eigenvalue weighted by Crippen LogP contribution is -1.88. The molecule has 10 aromatic rings. The lowest BCUT2D eigenvalue weighted by Gasteiger charge is -2.08. The smallest absolute Gasteiger partial charge is 0.215 e. The van der Waals surface area contributed by atoms with E-state index in [2.05, 4.69) is 153 Å². The van der Waals surface area contributed by atoms with Gasteiger partial charge in [-0.25, -0.2) is 9.97 Å². The summed E-state index contributed by atoms with van der Waals surface area (Å²) in [4.78, 5) is 9.76. The zero-order chi connectivity index (χ0) is 30.5. The number of imidazole rings is 4. The van der Waals surface area contributed by atoms with E-state index in [0.717, 1.165) is 33.6 Å². The van der Waals surface area contributed by atoms with Crippen LogP contribution in [0.15, 0.2) is 133 Å². The molecular weight excluding hydrogens is 564 g/mol. The Hall–Kier alpha value is -6.14. The first-order valence-corrected chi connectivity index (χ1v) is 15.5. The first-order chi connectivity index (χ1) is 22.6. The highest BCUT2D eigenvalue weighted by Gasteiger charge is 2.16. The van der Waals surface area contributed by atoms with Crippen molar-refractivity contribution >= 4 is 55.7 Å². The summed E-state index contributed by atoms with van der Waals surface area (Å²) in [5, 5.41) is 0. The van der Waals surface area contributed by atoms with Crippen molar-refractivity contribution in [2.45, 2.75) is 0 Å². The molecule has 0 radical (unpaired) electrons. The van der Waals surface area contributed by atoms with Crippen molar-refractivity contribution in [3.8, 4) is 33.4 Å². The predicted molar refractivity (Wildman–Crippen MR) is 188 cm³/mol. The average molecular weight is 593 g/mol. The second-order valence-corrected chi connectivity index (χ2v) is 12.2. The fourth-order valence-electron chi connectivity index (χ4n) is 7.21. The van der Waals surface area contributed by atoms with Crippen LogP contribution in [-0.4, -0.2) is 27.9 Å². The minimum atomic E-state index is 0.958. The third kappa shape index (κ3) is 3.46. The maximum atomic E-state index is 4.88. The van der Waals surface area contributed by atoms with E-state index in [4.69, 9.17) is 9.97 Å². The summed E-state index contributed by atoms with van der Waals surface area (Å²) in [6.07, 6.45) is 0. The first-order valence-electron chi connectivity index (χ1n) is 15.5. The Kier molecular flexibility index (Phi) is 5.04. The van der Waals surface area contributed by atoms with Crippen LogP contribution in [0.1, 0.15) is 0 Å². The fourth-order valence-corrected chi connectivity index (χ4v) is 7.21. The van der Waals surface area contributed by atoms with Gasteiger partial charge in [0, 0.05) is 14.1 Å². The molecule has 0 N–H and O–H groups in total. The average Bonchev–Trinajstić information content (AvgIpc) is 3.83. The fraction of sp³-hybridized carbons (Fsp3) is 0.0500. The molecule has 4 aromatic heterocycles. The van der Waals surface area contributed by atoms with Crippen molar-refractivity contribution in [2.75, 3.05) is 0 Å². The molecule has 218 valence electrons. The Balaban J connectivity index is 0.985. The van der Waals surface area contributed by atoms with Gasteiger partial charge in [-0.1, -0.05) is 84.9 Å². The molecule has 4 heterocycles. The Morgan fingerprint density at radius 1 is 0.348 bits per heavy atom. The lowest BCUT2D eigenvalue weighted by atomic mass is 9.98. The molecule has 0 spiro atoms. The molecule has 0 aliphatic rings. The van der Waals surface area contributed by atoms with Gasteiger partial charge in [0.15, 0.2) is 0 Å². The monoisotopic (exact) mass is 592 g/mol. The number of hydrogen-bond donors (Lipinski definition) is 0. The Morgan fingerprint density at radius 2 is 0.696 bits per heavy atom. The highest BCUT2D eigenvalue weighted by Crippen LogP contribution is 2.33. The van der Waals surface area contributed by atoms with Gasteiger partial charge >= 0.3 is 0 Å². The van der Waals surface area contributed by atoms with E-state index in [0.29, 0.717) is 0 Å². The number of hydrogen-bond acceptors (Lipinski definition) is 2. The van der Waals surface area contributed by atoms with E-state index in [1.165, 1.54) is 55.4 Å². The molecule has 0 bridgehead atoms. The zero-order valence-corrected chi connectivity index (χ0v) is 25.4. The summed E-state index contributed by atoms with van der Waals surface area (Å²) in [5.41, 5.74) is 16.1. The summed E-state index contributed by atoms with van der Waals surface area (Å²) in [6.45, 7) is 0. The molecule has 10 rings (SSSR count). The van der Waals surface area contributed by atoms with Crippen LogP contribution in [0.25, 0.3) is 89.1 Å².